The minimum absolute atomic E-state index is 0. The van der Waals surface area contributed by atoms with Crippen molar-refractivity contribution in [1.29, 1.82) is 0 Å². The summed E-state index contributed by atoms with van der Waals surface area (Å²) in [6, 6.07) is 0. The molecule has 2 saturated heterocycles. The van der Waals surface area contributed by atoms with Crippen LogP contribution in [0.3, 0.4) is 0 Å². The first-order chi connectivity index (χ1) is 15.8. The predicted molar refractivity (Wildman–Crippen MR) is 109 cm³/mol. The smallest absolute Gasteiger partial charge is 1.00 e. The second-order valence-corrected chi connectivity index (χ2v) is 14.3. The Bertz CT molecular complexity index is 1290. The summed E-state index contributed by atoms with van der Waals surface area (Å²) in [6.45, 7) is 0. The zero-order valence-electron chi connectivity index (χ0n) is 18.6. The number of azide groups is 1. The zero-order chi connectivity index (χ0) is 24.7. The van der Waals surface area contributed by atoms with Crippen molar-refractivity contribution in [1.82, 2.24) is 0 Å². The van der Waals surface area contributed by atoms with Crippen LogP contribution in [0.4, 0.5) is 0 Å². The van der Waals surface area contributed by atoms with E-state index in [1.165, 1.54) is 0 Å². The molecule has 10 unspecified atom stereocenters. The number of hydrogen-bond acceptors (Lipinski definition) is 10. The maximum absolute atomic E-state index is 11.7. The monoisotopic (exact) mass is 593 g/mol. The summed E-state index contributed by atoms with van der Waals surface area (Å²) in [5.74, 6) is -5.45. The van der Waals surface area contributed by atoms with Crippen LogP contribution >= 0.6 is 10.7 Å². The predicted octanol–water partition coefficient (Wildman–Crippen LogP) is -5.36. The largest absolute Gasteiger partial charge is 1.00 e. The Balaban J connectivity index is 0.000000191. The number of ether oxygens (including phenoxy) is 2. The Hall–Kier alpha value is -0.930. The molecule has 18 heteroatoms. The molecule has 6 fully saturated rings. The van der Waals surface area contributed by atoms with Gasteiger partial charge in [0.15, 0.2) is 0 Å². The van der Waals surface area contributed by atoms with Crippen molar-refractivity contribution in [2.24, 2.45) is 51.9 Å². The molecule has 0 aromatic carbocycles. The maximum Gasteiger partial charge on any atom is 1.00 e. The number of esters is 4. The van der Waals surface area contributed by atoms with E-state index in [-0.39, 0.29) is 66.1 Å². The first-order valence-corrected chi connectivity index (χ1v) is 14.5. The molecule has 4 aliphatic carbocycles. The number of sulfonamides is 1. The van der Waals surface area contributed by atoms with Gasteiger partial charge in [-0.2, -0.15) is 0 Å². The van der Waals surface area contributed by atoms with Crippen molar-refractivity contribution in [3.05, 3.63) is 10.4 Å². The third-order valence-corrected chi connectivity index (χ3v) is 11.8. The Kier molecular flexibility index (Phi) is 8.22. The molecule has 6 aliphatic rings. The molecular weight excluding hydrogens is 576 g/mol. The average molecular weight is 594 g/mol. The fourth-order valence-electron chi connectivity index (χ4n) is 7.17. The number of cyclic esters (lactones) is 4. The van der Waals surface area contributed by atoms with Crippen LogP contribution in [0.2, 0.25) is 0 Å². The summed E-state index contributed by atoms with van der Waals surface area (Å²) < 4.78 is 58.1. The molecule has 2 heterocycles. The molecule has 0 aromatic heterocycles. The molecule has 6 rings (SSSR count). The standard InChI is InChI=1S/C9H9ClO5S.C9H9N3O5S.ClH.Na/c10-16(13,14)5-2-3-1-4(5)7-6(3)8(11)15-9(7)12;10-11-12-18(15,16)5-2-3-1-4(5)7-6(3)8(13)17-9(7)14;;/h3-7H,1-2H2;3-7H,1-2H2;1H;/q;;;+1/p-1. The molecule has 0 amide bonds. The Labute approximate surface area is 238 Å². The van der Waals surface area contributed by atoms with Crippen LogP contribution in [-0.4, -0.2) is 51.2 Å². The van der Waals surface area contributed by atoms with Gasteiger partial charge in [-0.15, -0.1) is 0 Å². The van der Waals surface area contributed by atoms with Gasteiger partial charge in [-0.3, -0.25) is 19.2 Å². The van der Waals surface area contributed by atoms with Crippen LogP contribution in [0.25, 0.3) is 10.4 Å². The normalized spacial score (nSPS) is 41.1. The Morgan fingerprint density at radius 1 is 0.750 bits per heavy atom. The van der Waals surface area contributed by atoms with E-state index in [4.69, 9.17) is 16.2 Å². The van der Waals surface area contributed by atoms with Gasteiger partial charge in [0, 0.05) is 20.1 Å². The van der Waals surface area contributed by atoms with Crippen molar-refractivity contribution in [3.8, 4) is 0 Å². The van der Waals surface area contributed by atoms with Crippen molar-refractivity contribution in [3.63, 3.8) is 0 Å². The Morgan fingerprint density at radius 3 is 1.56 bits per heavy atom. The quantitative estimate of drug-likeness (QED) is 0.0577. The molecule has 10 atom stereocenters. The van der Waals surface area contributed by atoms with E-state index in [0.29, 0.717) is 19.3 Å². The van der Waals surface area contributed by atoms with E-state index in [2.05, 4.69) is 18.9 Å². The summed E-state index contributed by atoms with van der Waals surface area (Å²) in [5.41, 5.74) is 8.25. The Morgan fingerprint density at radius 2 is 1.14 bits per heavy atom. The van der Waals surface area contributed by atoms with Gasteiger partial charge in [0.25, 0.3) is 0 Å². The van der Waals surface area contributed by atoms with E-state index in [9.17, 15) is 36.0 Å². The summed E-state index contributed by atoms with van der Waals surface area (Å²) in [7, 11) is -2.25. The number of carbonyl (C=O) groups excluding carboxylic acids is 4. The number of halogens is 2. The molecule has 4 bridgehead atoms. The molecule has 36 heavy (non-hydrogen) atoms. The van der Waals surface area contributed by atoms with Crippen LogP contribution in [0.5, 0.6) is 0 Å². The third kappa shape index (κ3) is 4.49. The molecule has 0 spiro atoms. The van der Waals surface area contributed by atoms with E-state index < -0.39 is 83.0 Å². The van der Waals surface area contributed by atoms with Gasteiger partial charge in [0.2, 0.25) is 19.1 Å². The fraction of sp³-hybridized carbons (Fsp3) is 0.778. The molecule has 4 saturated carbocycles. The first kappa shape index (κ1) is 29.6. The van der Waals surface area contributed by atoms with E-state index in [1.807, 2.05) is 0 Å². The summed E-state index contributed by atoms with van der Waals surface area (Å²) in [4.78, 5) is 48.2. The number of fused-ring (bicyclic) bond motifs is 10. The van der Waals surface area contributed by atoms with Gasteiger partial charge in [0.05, 0.1) is 34.2 Å². The van der Waals surface area contributed by atoms with E-state index in [1.54, 1.807) is 0 Å². The molecular formula is C18H18Cl2N3NaO10S2. The van der Waals surface area contributed by atoms with Gasteiger partial charge in [-0.1, -0.05) is 0 Å². The first-order valence-electron chi connectivity index (χ1n) is 10.6. The zero-order valence-corrected chi connectivity index (χ0v) is 23.7. The molecule has 192 valence electrons. The second-order valence-electron chi connectivity index (χ2n) is 9.61. The number of nitrogens with zero attached hydrogens (tertiary/aromatic N) is 3. The SMILES string of the molecule is O=C1OC(=O)C2C3CC(CC3S(=O)(=O)Cl)C12.[Cl-].[N-]=[N+]=NS(=O)(=O)C1CC2CC1C1C(=O)OC(=O)C21.[Na+]. The summed E-state index contributed by atoms with van der Waals surface area (Å²) in [5, 5.41) is -1.56. The molecule has 0 aromatic rings. The third-order valence-electron chi connectivity index (χ3n) is 8.27. The van der Waals surface area contributed by atoms with Gasteiger partial charge < -0.3 is 21.9 Å². The van der Waals surface area contributed by atoms with Crippen molar-refractivity contribution in [2.45, 2.75) is 36.2 Å². The van der Waals surface area contributed by atoms with Crippen LogP contribution in [0.1, 0.15) is 25.7 Å². The van der Waals surface area contributed by atoms with Crippen LogP contribution < -0.4 is 42.0 Å². The average Bonchev–Trinajstić information content (AvgIpc) is 3.53. The van der Waals surface area contributed by atoms with Crippen LogP contribution in [0, 0.1) is 47.3 Å². The van der Waals surface area contributed by atoms with Crippen molar-refractivity contribution >= 4 is 53.6 Å². The minimum Gasteiger partial charge on any atom is -1.00 e. The molecule has 13 nitrogen and oxygen atoms in total. The van der Waals surface area contributed by atoms with Gasteiger partial charge in [0.1, 0.15) is 0 Å². The van der Waals surface area contributed by atoms with Crippen LogP contribution in [0.15, 0.2) is 4.52 Å². The van der Waals surface area contributed by atoms with Crippen molar-refractivity contribution < 1.29 is 87.5 Å². The number of hydrogen-bond donors (Lipinski definition) is 0. The van der Waals surface area contributed by atoms with E-state index >= 15 is 0 Å². The van der Waals surface area contributed by atoms with Gasteiger partial charge >= 0.3 is 53.4 Å². The maximum atomic E-state index is 11.7. The second kappa shape index (κ2) is 9.99. The summed E-state index contributed by atoms with van der Waals surface area (Å²) in [6.07, 6.45) is 1.73. The molecule has 0 N–H and O–H groups in total. The molecule has 0 radical (unpaired) electrons. The van der Waals surface area contributed by atoms with Gasteiger partial charge in [-0.25, -0.2) is 16.8 Å². The van der Waals surface area contributed by atoms with Gasteiger partial charge in [-0.05, 0) is 54.9 Å². The number of rotatable bonds is 3. The van der Waals surface area contributed by atoms with E-state index in [0.717, 1.165) is 0 Å². The molecule has 2 aliphatic heterocycles. The summed E-state index contributed by atoms with van der Waals surface area (Å²) >= 11 is 0. The number of carbonyl (C=O) groups is 4. The van der Waals surface area contributed by atoms with Crippen molar-refractivity contribution in [2.75, 3.05) is 0 Å². The topological polar surface area (TPSA) is 204 Å². The minimum atomic E-state index is -3.93. The fourth-order valence-corrected chi connectivity index (χ4v) is 10.4. The van der Waals surface area contributed by atoms with Crippen LogP contribution in [-0.2, 0) is 47.7 Å².